The van der Waals surface area contributed by atoms with Gasteiger partial charge in [-0.2, -0.15) is 0 Å². The van der Waals surface area contributed by atoms with Crippen LogP contribution in [0.3, 0.4) is 0 Å². The zero-order valence-corrected chi connectivity index (χ0v) is 11.0. The Morgan fingerprint density at radius 1 is 1.11 bits per heavy atom. The van der Waals surface area contributed by atoms with Crippen molar-refractivity contribution in [2.24, 2.45) is 0 Å². The van der Waals surface area contributed by atoms with Crippen molar-refractivity contribution in [1.29, 1.82) is 0 Å². The average molecular weight is 248 g/mol. The van der Waals surface area contributed by atoms with Gasteiger partial charge in [0.1, 0.15) is 6.42 Å². The topological polar surface area (TPSA) is 49.4 Å². The number of rotatable bonds is 6. The number of hydrogen-bond acceptors (Lipinski definition) is 2. The van der Waals surface area contributed by atoms with Crippen molar-refractivity contribution in [3.63, 3.8) is 0 Å². The zero-order chi connectivity index (χ0) is 13.4. The summed E-state index contributed by atoms with van der Waals surface area (Å²) in [5.41, 5.74) is 1.03. The van der Waals surface area contributed by atoms with Gasteiger partial charge >= 0.3 is 0 Å². The molecule has 0 heterocycles. The quantitative estimate of drug-likeness (QED) is 0.777. The van der Waals surface area contributed by atoms with Gasteiger partial charge in [0.05, 0.1) is 0 Å². The van der Waals surface area contributed by atoms with Crippen LogP contribution in [0.1, 0.15) is 25.8 Å². The van der Waals surface area contributed by atoms with Crippen LogP contribution in [0, 0.1) is 0 Å². The van der Waals surface area contributed by atoms with Gasteiger partial charge in [-0.15, -0.1) is 0 Å². The van der Waals surface area contributed by atoms with E-state index in [0.717, 1.165) is 5.56 Å². The molecule has 1 aromatic rings. The van der Waals surface area contributed by atoms with Gasteiger partial charge in [0.15, 0.2) is 0 Å². The lowest BCUT2D eigenvalue weighted by molar-refractivity contribution is -0.135. The number of benzene rings is 1. The molecule has 4 heteroatoms. The second-order valence-corrected chi connectivity index (χ2v) is 4.01. The molecule has 2 amide bonds. The first-order chi connectivity index (χ1) is 8.67. The summed E-state index contributed by atoms with van der Waals surface area (Å²) in [6.07, 6.45) is -0.0749. The molecule has 98 valence electrons. The highest BCUT2D eigenvalue weighted by Gasteiger charge is 2.13. The van der Waals surface area contributed by atoms with Gasteiger partial charge in [0.25, 0.3) is 0 Å². The lowest BCUT2D eigenvalue weighted by Gasteiger charge is -2.18. The fraction of sp³-hybridized carbons (Fsp3) is 0.429. The minimum absolute atomic E-state index is 0.0749. The molecule has 1 rings (SSSR count). The second kappa shape index (κ2) is 7.48. The van der Waals surface area contributed by atoms with Gasteiger partial charge in [0.2, 0.25) is 11.8 Å². The van der Waals surface area contributed by atoms with Crippen LogP contribution in [0.15, 0.2) is 30.3 Å². The molecule has 0 radical (unpaired) electrons. The molecule has 1 aromatic carbocycles. The highest BCUT2D eigenvalue weighted by molar-refractivity contribution is 5.96. The first-order valence-corrected chi connectivity index (χ1v) is 6.25. The first kappa shape index (κ1) is 14.2. The van der Waals surface area contributed by atoms with Crippen LogP contribution in [0.4, 0.5) is 0 Å². The molecule has 0 aromatic heterocycles. The summed E-state index contributed by atoms with van der Waals surface area (Å²) in [7, 11) is 0. The number of carbonyl (C=O) groups excluding carboxylic acids is 2. The molecule has 4 nitrogen and oxygen atoms in total. The van der Waals surface area contributed by atoms with Crippen molar-refractivity contribution in [1.82, 2.24) is 10.2 Å². The fourth-order valence-electron chi connectivity index (χ4n) is 1.68. The Bertz CT molecular complexity index is 386. The Morgan fingerprint density at radius 2 is 1.72 bits per heavy atom. The molecular formula is C14H20N2O2. The Hall–Kier alpha value is -1.84. The fourth-order valence-corrected chi connectivity index (χ4v) is 1.68. The van der Waals surface area contributed by atoms with Crippen LogP contribution < -0.4 is 5.32 Å². The highest BCUT2D eigenvalue weighted by atomic mass is 16.2. The molecule has 0 aliphatic carbocycles. The maximum Gasteiger partial charge on any atom is 0.231 e. The van der Waals surface area contributed by atoms with Crippen LogP contribution in [0.25, 0.3) is 0 Å². The molecule has 18 heavy (non-hydrogen) atoms. The van der Waals surface area contributed by atoms with Crippen molar-refractivity contribution >= 4 is 11.8 Å². The van der Waals surface area contributed by atoms with E-state index in [-0.39, 0.29) is 18.2 Å². The van der Waals surface area contributed by atoms with E-state index in [1.807, 2.05) is 44.2 Å². The molecule has 0 aliphatic rings. The van der Waals surface area contributed by atoms with E-state index in [9.17, 15) is 9.59 Å². The largest absolute Gasteiger partial charge is 0.352 e. The predicted octanol–water partition coefficient (Wildman–Crippen LogP) is 1.56. The highest BCUT2D eigenvalue weighted by Crippen LogP contribution is 1.98. The maximum atomic E-state index is 11.7. The minimum atomic E-state index is -0.226. The summed E-state index contributed by atoms with van der Waals surface area (Å²) in [4.78, 5) is 25.0. The summed E-state index contributed by atoms with van der Waals surface area (Å²) >= 11 is 0. The normalized spacial score (nSPS) is 9.89. The minimum Gasteiger partial charge on any atom is -0.352 e. The summed E-state index contributed by atoms with van der Waals surface area (Å²) in [5, 5.41) is 2.75. The molecule has 0 bridgehead atoms. The van der Waals surface area contributed by atoms with Crippen LogP contribution in [-0.4, -0.2) is 29.8 Å². The Kier molecular flexibility index (Phi) is 5.91. The lowest BCUT2D eigenvalue weighted by Crippen LogP contribution is -2.35. The number of hydrogen-bond donors (Lipinski definition) is 1. The van der Waals surface area contributed by atoms with Crippen molar-refractivity contribution in [3.8, 4) is 0 Å². The second-order valence-electron chi connectivity index (χ2n) is 4.01. The molecular weight excluding hydrogens is 228 g/mol. The van der Waals surface area contributed by atoms with Crippen molar-refractivity contribution in [2.75, 3.05) is 13.1 Å². The third-order valence-corrected chi connectivity index (χ3v) is 2.76. The zero-order valence-electron chi connectivity index (χ0n) is 11.0. The number of nitrogens with one attached hydrogen (secondary N) is 1. The summed E-state index contributed by atoms with van der Waals surface area (Å²) in [6, 6.07) is 9.64. The monoisotopic (exact) mass is 248 g/mol. The molecule has 0 saturated carbocycles. The SMILES string of the molecule is CCN(CC)C(=O)CC(=O)NCc1ccccc1. The Labute approximate surface area is 108 Å². The van der Waals surface area contributed by atoms with E-state index in [1.54, 1.807) is 4.90 Å². The van der Waals surface area contributed by atoms with Gasteiger partial charge in [-0.25, -0.2) is 0 Å². The number of nitrogens with zero attached hydrogens (tertiary/aromatic N) is 1. The van der Waals surface area contributed by atoms with Gasteiger partial charge < -0.3 is 10.2 Å². The predicted molar refractivity (Wildman–Crippen MR) is 70.8 cm³/mol. The molecule has 0 spiro atoms. The smallest absolute Gasteiger partial charge is 0.231 e. The van der Waals surface area contributed by atoms with Crippen LogP contribution in [0.5, 0.6) is 0 Å². The van der Waals surface area contributed by atoms with E-state index < -0.39 is 0 Å². The van der Waals surface area contributed by atoms with Gasteiger partial charge in [0, 0.05) is 19.6 Å². The summed E-state index contributed by atoms with van der Waals surface area (Å²) < 4.78 is 0. The van der Waals surface area contributed by atoms with Gasteiger partial charge in [-0.05, 0) is 19.4 Å². The maximum absolute atomic E-state index is 11.7. The summed E-state index contributed by atoms with van der Waals surface area (Å²) in [5.74, 6) is -0.346. The van der Waals surface area contributed by atoms with Gasteiger partial charge in [-0.3, -0.25) is 9.59 Å². The summed E-state index contributed by atoms with van der Waals surface area (Å²) in [6.45, 7) is 5.56. The van der Waals surface area contributed by atoms with E-state index >= 15 is 0 Å². The first-order valence-electron chi connectivity index (χ1n) is 6.25. The molecule has 0 aliphatic heterocycles. The van der Waals surface area contributed by atoms with Crippen molar-refractivity contribution < 1.29 is 9.59 Å². The van der Waals surface area contributed by atoms with E-state index in [2.05, 4.69) is 5.32 Å². The molecule has 0 saturated heterocycles. The van der Waals surface area contributed by atoms with Crippen LogP contribution in [0.2, 0.25) is 0 Å². The van der Waals surface area contributed by atoms with Crippen molar-refractivity contribution in [3.05, 3.63) is 35.9 Å². The Balaban J connectivity index is 2.36. The van der Waals surface area contributed by atoms with Gasteiger partial charge in [-0.1, -0.05) is 30.3 Å². The number of amides is 2. The van der Waals surface area contributed by atoms with E-state index in [1.165, 1.54) is 0 Å². The third-order valence-electron chi connectivity index (χ3n) is 2.76. The molecule has 0 atom stereocenters. The van der Waals surface area contributed by atoms with Crippen molar-refractivity contribution in [2.45, 2.75) is 26.8 Å². The molecule has 0 fully saturated rings. The van der Waals surface area contributed by atoms with E-state index in [4.69, 9.17) is 0 Å². The molecule has 0 unspecified atom stereocenters. The van der Waals surface area contributed by atoms with E-state index in [0.29, 0.717) is 19.6 Å². The van der Waals surface area contributed by atoms with Crippen LogP contribution >= 0.6 is 0 Å². The average Bonchev–Trinajstić information content (AvgIpc) is 2.39. The standard InChI is InChI=1S/C14H20N2O2/c1-3-16(4-2)14(18)10-13(17)15-11-12-8-6-5-7-9-12/h5-9H,3-4,10-11H2,1-2H3,(H,15,17). The lowest BCUT2D eigenvalue weighted by atomic mass is 10.2. The number of carbonyl (C=O) groups is 2. The molecule has 1 N–H and O–H groups in total. The van der Waals surface area contributed by atoms with Crippen LogP contribution in [-0.2, 0) is 16.1 Å². The third kappa shape index (κ3) is 4.57. The Morgan fingerprint density at radius 3 is 2.28 bits per heavy atom.